The highest BCUT2D eigenvalue weighted by molar-refractivity contribution is 6.29. The van der Waals surface area contributed by atoms with Crippen molar-refractivity contribution in [2.24, 2.45) is 29.4 Å². The van der Waals surface area contributed by atoms with E-state index >= 15 is 0 Å². The number of allylic oxidation sites excluding steroid dienone is 3. The van der Waals surface area contributed by atoms with E-state index in [2.05, 4.69) is 0 Å². The number of Topliss-reactive ketones (excluding diaryl/α,β-unsaturated/α-hetero) is 2. The maximum atomic E-state index is 13.4. The Morgan fingerprint density at radius 3 is 2.05 bits per heavy atom. The Labute approximate surface area is 215 Å². The molecule has 0 aromatic heterocycles. The molecule has 7 N–H and O–H groups in total. The second-order valence-corrected chi connectivity index (χ2v) is 9.99. The van der Waals surface area contributed by atoms with Crippen LogP contribution in [0.1, 0.15) is 71.3 Å². The maximum Gasteiger partial charge on any atom is 0.308 e. The van der Waals surface area contributed by atoms with Crippen LogP contribution in [0.2, 0.25) is 0 Å². The highest BCUT2D eigenvalue weighted by atomic mass is 16.4. The molecule has 0 amide bonds. The zero-order chi connectivity index (χ0) is 28.5. The van der Waals surface area contributed by atoms with Crippen LogP contribution < -0.4 is 5.73 Å². The van der Waals surface area contributed by atoms with Crippen LogP contribution in [0.4, 0.5) is 0 Å². The van der Waals surface area contributed by atoms with E-state index in [9.17, 15) is 39.6 Å². The number of carbonyl (C=O) groups excluding carboxylic acids is 3. The Morgan fingerprint density at radius 1 is 0.973 bits per heavy atom. The van der Waals surface area contributed by atoms with Gasteiger partial charge >= 0.3 is 5.97 Å². The number of ketones is 3. The lowest BCUT2D eigenvalue weighted by Gasteiger charge is -2.34. The summed E-state index contributed by atoms with van der Waals surface area (Å²) in [5.41, 5.74) is 4.98. The molecular formula is C27H35NO9. The van der Waals surface area contributed by atoms with Gasteiger partial charge in [-0.15, -0.1) is 0 Å². The number of benzene rings is 1. The van der Waals surface area contributed by atoms with E-state index in [-0.39, 0.29) is 33.5 Å². The Balaban J connectivity index is 2.35. The van der Waals surface area contributed by atoms with Gasteiger partial charge in [-0.1, -0.05) is 26.8 Å². The number of phenols is 1. The molecule has 0 bridgehead atoms. The molecular weight excluding hydrogens is 482 g/mol. The minimum atomic E-state index is -1.35. The number of aliphatic hydroxyl groups excluding tert-OH is 3. The van der Waals surface area contributed by atoms with Gasteiger partial charge in [-0.05, 0) is 38.0 Å². The molecule has 1 aliphatic rings. The van der Waals surface area contributed by atoms with Gasteiger partial charge in [0, 0.05) is 35.0 Å². The molecule has 7 atom stereocenters. The van der Waals surface area contributed by atoms with Crippen LogP contribution in [0.5, 0.6) is 5.75 Å². The minimum absolute atomic E-state index is 0.0756. The average Bonchev–Trinajstić information content (AvgIpc) is 2.84. The molecule has 10 heteroatoms. The Morgan fingerprint density at radius 2 is 1.51 bits per heavy atom. The fourth-order valence-corrected chi connectivity index (χ4v) is 4.63. The average molecular weight is 518 g/mol. The predicted octanol–water partition coefficient (Wildman–Crippen LogP) is 1.76. The lowest BCUT2D eigenvalue weighted by Crippen LogP contribution is -2.44. The number of aryl methyl sites for hydroxylation is 1. The molecule has 0 unspecified atom stereocenters. The number of carboxylic acid groups (broad SMARTS) is 1. The number of hydrogen-bond donors (Lipinski definition) is 6. The summed E-state index contributed by atoms with van der Waals surface area (Å²) in [7, 11) is 0. The molecule has 0 fully saturated rings. The van der Waals surface area contributed by atoms with E-state index in [1.54, 1.807) is 6.92 Å². The predicted molar refractivity (Wildman–Crippen MR) is 134 cm³/mol. The standard InChI is InChI=1S/C27H35NO9/c1-10(21(30)13(4)24(33)14(5)25(34)15(6)27(36)37)7-11(2)22(31)20-19-16(8-12(3)23(20)32)26(35)17(28)9-18(19)29/h7-10,13-15,21,24-25,30,32-34H,28H2,1-6H3,(H,36,37)/b11-7+/t10-,13+,14+,15-,21+,24+,25+/m1/s1. The van der Waals surface area contributed by atoms with Crippen LogP contribution in [-0.2, 0) is 4.79 Å². The second kappa shape index (κ2) is 11.4. The summed E-state index contributed by atoms with van der Waals surface area (Å²) in [6.07, 6.45) is -1.48. The zero-order valence-corrected chi connectivity index (χ0v) is 21.7. The summed E-state index contributed by atoms with van der Waals surface area (Å²) in [5.74, 6) is -7.21. The van der Waals surface area contributed by atoms with Crippen LogP contribution in [-0.4, -0.2) is 67.2 Å². The van der Waals surface area contributed by atoms with Crippen molar-refractivity contribution in [1.29, 1.82) is 0 Å². The van der Waals surface area contributed by atoms with Gasteiger partial charge < -0.3 is 31.3 Å². The van der Waals surface area contributed by atoms with E-state index in [0.29, 0.717) is 0 Å². The quantitative estimate of drug-likeness (QED) is 0.196. The van der Waals surface area contributed by atoms with E-state index in [1.165, 1.54) is 46.8 Å². The number of aromatic hydroxyl groups is 1. The van der Waals surface area contributed by atoms with Crippen molar-refractivity contribution in [2.75, 3.05) is 0 Å². The number of aliphatic hydroxyl groups is 3. The normalized spacial score (nSPS) is 19.7. The van der Waals surface area contributed by atoms with Crippen molar-refractivity contribution >= 4 is 23.3 Å². The lowest BCUT2D eigenvalue weighted by molar-refractivity contribution is -0.148. The van der Waals surface area contributed by atoms with Gasteiger partial charge in [-0.2, -0.15) is 0 Å². The molecule has 37 heavy (non-hydrogen) atoms. The molecule has 2 rings (SSSR count). The molecule has 0 aliphatic heterocycles. The van der Waals surface area contributed by atoms with Crippen LogP contribution in [0.25, 0.3) is 0 Å². The SMILES string of the molecule is C/C(=C\[C@@H](C)[C@H](O)[C@H](C)[C@H](O)[C@H](C)[C@H](O)[C@@H](C)C(=O)O)C(=O)c1c(O)c(C)cc2c1C(=O)C=C(N)C2=O. The summed E-state index contributed by atoms with van der Waals surface area (Å²) >= 11 is 0. The van der Waals surface area contributed by atoms with Gasteiger partial charge in [0.2, 0.25) is 5.78 Å². The number of fused-ring (bicyclic) bond motifs is 1. The van der Waals surface area contributed by atoms with E-state index in [1.807, 2.05) is 0 Å². The van der Waals surface area contributed by atoms with Crippen molar-refractivity contribution < 1.29 is 44.7 Å². The first-order valence-corrected chi connectivity index (χ1v) is 12.0. The largest absolute Gasteiger partial charge is 0.507 e. The van der Waals surface area contributed by atoms with Crippen molar-refractivity contribution in [2.45, 2.75) is 59.9 Å². The molecule has 1 aliphatic carbocycles. The van der Waals surface area contributed by atoms with Gasteiger partial charge in [-0.3, -0.25) is 19.2 Å². The van der Waals surface area contributed by atoms with Crippen LogP contribution in [0.3, 0.4) is 0 Å². The van der Waals surface area contributed by atoms with Crippen LogP contribution >= 0.6 is 0 Å². The number of aliphatic carboxylic acids is 1. The van der Waals surface area contributed by atoms with Gasteiger partial charge in [-0.25, -0.2) is 0 Å². The minimum Gasteiger partial charge on any atom is -0.507 e. The highest BCUT2D eigenvalue weighted by Gasteiger charge is 2.37. The first-order chi connectivity index (χ1) is 17.0. The lowest BCUT2D eigenvalue weighted by atomic mass is 9.79. The number of rotatable bonds is 10. The number of carbonyl (C=O) groups is 4. The van der Waals surface area contributed by atoms with Gasteiger partial charge in [0.25, 0.3) is 0 Å². The third-order valence-corrected chi connectivity index (χ3v) is 7.22. The summed E-state index contributed by atoms with van der Waals surface area (Å²) in [4.78, 5) is 49.7. The van der Waals surface area contributed by atoms with Gasteiger partial charge in [0.15, 0.2) is 11.6 Å². The van der Waals surface area contributed by atoms with Crippen molar-refractivity contribution in [3.05, 3.63) is 51.7 Å². The molecule has 0 spiro atoms. The topological polar surface area (TPSA) is 195 Å². The molecule has 0 heterocycles. The third kappa shape index (κ3) is 5.82. The van der Waals surface area contributed by atoms with Gasteiger partial charge in [0.05, 0.1) is 35.5 Å². The maximum absolute atomic E-state index is 13.4. The van der Waals surface area contributed by atoms with Crippen LogP contribution in [0.15, 0.2) is 29.5 Å². The zero-order valence-electron chi connectivity index (χ0n) is 21.7. The highest BCUT2D eigenvalue weighted by Crippen LogP contribution is 2.35. The number of carboxylic acids is 1. The van der Waals surface area contributed by atoms with E-state index < -0.39 is 71.1 Å². The Bertz CT molecular complexity index is 1180. The first-order valence-electron chi connectivity index (χ1n) is 12.0. The summed E-state index contributed by atoms with van der Waals surface area (Å²) in [6, 6.07) is 1.30. The molecule has 0 saturated heterocycles. The number of phenolic OH excluding ortho intramolecular Hbond substituents is 1. The van der Waals surface area contributed by atoms with E-state index in [4.69, 9.17) is 10.8 Å². The Hall–Kier alpha value is -3.34. The van der Waals surface area contributed by atoms with Gasteiger partial charge in [0.1, 0.15) is 5.75 Å². The molecule has 0 saturated carbocycles. The molecule has 10 nitrogen and oxygen atoms in total. The molecule has 202 valence electrons. The number of hydrogen-bond acceptors (Lipinski definition) is 9. The number of nitrogens with two attached hydrogens (primary N) is 1. The molecule has 0 radical (unpaired) electrons. The molecule has 1 aromatic rings. The monoisotopic (exact) mass is 517 g/mol. The van der Waals surface area contributed by atoms with Crippen molar-refractivity contribution in [1.82, 2.24) is 0 Å². The van der Waals surface area contributed by atoms with Crippen molar-refractivity contribution in [3.63, 3.8) is 0 Å². The summed E-state index contributed by atoms with van der Waals surface area (Å²) < 4.78 is 0. The molecule has 1 aromatic carbocycles. The fraction of sp³-hybridized carbons (Fsp3) is 0.481. The van der Waals surface area contributed by atoms with E-state index in [0.717, 1.165) is 6.08 Å². The summed E-state index contributed by atoms with van der Waals surface area (Å²) in [5, 5.41) is 51.6. The van der Waals surface area contributed by atoms with Crippen LogP contribution in [0, 0.1) is 30.6 Å². The first kappa shape index (κ1) is 29.9. The second-order valence-electron chi connectivity index (χ2n) is 9.99. The Kier molecular flexibility index (Phi) is 9.18. The summed E-state index contributed by atoms with van der Waals surface area (Å²) in [6.45, 7) is 8.84. The fourth-order valence-electron chi connectivity index (χ4n) is 4.63. The van der Waals surface area contributed by atoms with Crippen molar-refractivity contribution in [3.8, 4) is 5.75 Å². The third-order valence-electron chi connectivity index (χ3n) is 7.22. The smallest absolute Gasteiger partial charge is 0.308 e.